The van der Waals surface area contributed by atoms with Crippen molar-refractivity contribution < 1.29 is 13.9 Å². The highest BCUT2D eigenvalue weighted by atomic mass is 19.1. The van der Waals surface area contributed by atoms with E-state index < -0.39 is 11.7 Å². The van der Waals surface area contributed by atoms with E-state index >= 15 is 0 Å². The predicted octanol–water partition coefficient (Wildman–Crippen LogP) is 2.88. The molecule has 1 amide bonds. The summed E-state index contributed by atoms with van der Waals surface area (Å²) >= 11 is 0. The summed E-state index contributed by atoms with van der Waals surface area (Å²) in [6.45, 7) is 5.75. The van der Waals surface area contributed by atoms with E-state index in [-0.39, 0.29) is 11.6 Å². The fourth-order valence-corrected chi connectivity index (χ4v) is 1.89. The predicted molar refractivity (Wildman–Crippen MR) is 77.0 cm³/mol. The Balaban J connectivity index is 2.28. The van der Waals surface area contributed by atoms with Crippen LogP contribution in [0, 0.1) is 19.7 Å². The largest absolute Gasteiger partial charge is 0.464 e. The lowest BCUT2D eigenvalue weighted by Crippen LogP contribution is -2.16. The molecule has 0 saturated heterocycles. The smallest absolute Gasteiger partial charge is 0.316 e. The third-order valence-electron chi connectivity index (χ3n) is 2.88. The number of nitrogens with one attached hydrogen (secondary N) is 1. The number of hydrogen-bond acceptors (Lipinski definition) is 4. The van der Waals surface area contributed by atoms with Crippen molar-refractivity contribution in [3.8, 4) is 6.01 Å². The minimum absolute atomic E-state index is 0.0230. The summed E-state index contributed by atoms with van der Waals surface area (Å²) in [5.74, 6) is -1.11. The van der Waals surface area contributed by atoms with E-state index in [0.29, 0.717) is 23.7 Å². The summed E-state index contributed by atoms with van der Waals surface area (Å²) in [5, 5.41) is 2.65. The number of amides is 1. The lowest BCUT2D eigenvalue weighted by atomic mass is 10.2. The van der Waals surface area contributed by atoms with E-state index in [0.717, 1.165) is 0 Å². The van der Waals surface area contributed by atoms with Crippen LogP contribution in [0.2, 0.25) is 0 Å². The van der Waals surface area contributed by atoms with Gasteiger partial charge in [0.05, 0.1) is 29.2 Å². The average molecular weight is 289 g/mol. The van der Waals surface area contributed by atoms with Crippen molar-refractivity contribution in [2.45, 2.75) is 20.8 Å². The molecule has 0 aliphatic heterocycles. The number of anilines is 1. The summed E-state index contributed by atoms with van der Waals surface area (Å²) in [6, 6.07) is 6.06. The molecular formula is C15H16FN3O2. The summed E-state index contributed by atoms with van der Waals surface area (Å²) in [7, 11) is 0. The fraction of sp³-hybridized carbons (Fsp3) is 0.267. The Hall–Kier alpha value is -2.50. The van der Waals surface area contributed by atoms with Gasteiger partial charge < -0.3 is 10.1 Å². The Morgan fingerprint density at radius 2 is 1.86 bits per heavy atom. The molecule has 5 nitrogen and oxygen atoms in total. The first-order valence-corrected chi connectivity index (χ1v) is 6.56. The van der Waals surface area contributed by atoms with Gasteiger partial charge in [0.25, 0.3) is 5.91 Å². The zero-order valence-corrected chi connectivity index (χ0v) is 12.1. The van der Waals surface area contributed by atoms with Crippen molar-refractivity contribution in [3.05, 3.63) is 47.0 Å². The van der Waals surface area contributed by atoms with Gasteiger partial charge in [-0.2, -0.15) is 9.97 Å². The zero-order chi connectivity index (χ0) is 15.4. The molecule has 2 rings (SSSR count). The van der Waals surface area contributed by atoms with Crippen LogP contribution >= 0.6 is 0 Å². The highest BCUT2D eigenvalue weighted by Crippen LogP contribution is 2.20. The third-order valence-corrected chi connectivity index (χ3v) is 2.88. The Labute approximate surface area is 122 Å². The average Bonchev–Trinajstić information content (AvgIpc) is 2.43. The molecule has 0 unspecified atom stereocenters. The summed E-state index contributed by atoms with van der Waals surface area (Å²) in [4.78, 5) is 20.4. The van der Waals surface area contributed by atoms with Crippen LogP contribution in [0.4, 0.5) is 10.1 Å². The molecule has 1 heterocycles. The van der Waals surface area contributed by atoms with Gasteiger partial charge in [0, 0.05) is 0 Å². The first kappa shape index (κ1) is 14.9. The maximum absolute atomic E-state index is 13.6. The monoisotopic (exact) mass is 289 g/mol. The lowest BCUT2D eigenvalue weighted by molar-refractivity contribution is 0.102. The van der Waals surface area contributed by atoms with Crippen molar-refractivity contribution >= 4 is 11.6 Å². The van der Waals surface area contributed by atoms with Crippen LogP contribution in [0.5, 0.6) is 6.01 Å². The topological polar surface area (TPSA) is 64.1 Å². The number of benzene rings is 1. The summed E-state index contributed by atoms with van der Waals surface area (Å²) < 4.78 is 18.8. The first-order chi connectivity index (χ1) is 10.0. The Morgan fingerprint density at radius 1 is 1.24 bits per heavy atom. The fourth-order valence-electron chi connectivity index (χ4n) is 1.89. The minimum atomic E-state index is -0.572. The maximum atomic E-state index is 13.6. The number of hydrogen-bond donors (Lipinski definition) is 1. The third kappa shape index (κ3) is 3.34. The number of ether oxygens (including phenoxy) is 1. The minimum Gasteiger partial charge on any atom is -0.464 e. The van der Waals surface area contributed by atoms with Crippen molar-refractivity contribution in [1.82, 2.24) is 9.97 Å². The van der Waals surface area contributed by atoms with Gasteiger partial charge in [-0.25, -0.2) is 4.39 Å². The molecule has 0 aliphatic carbocycles. The van der Waals surface area contributed by atoms with Gasteiger partial charge in [0.2, 0.25) is 0 Å². The number of aromatic nitrogens is 2. The van der Waals surface area contributed by atoms with Crippen LogP contribution in [0.15, 0.2) is 24.3 Å². The van der Waals surface area contributed by atoms with E-state index in [4.69, 9.17) is 4.74 Å². The van der Waals surface area contributed by atoms with Gasteiger partial charge in [-0.05, 0) is 32.9 Å². The van der Waals surface area contributed by atoms with Gasteiger partial charge >= 0.3 is 6.01 Å². The molecule has 0 fully saturated rings. The van der Waals surface area contributed by atoms with Crippen LogP contribution in [-0.2, 0) is 0 Å². The van der Waals surface area contributed by atoms with Crippen molar-refractivity contribution in [2.24, 2.45) is 0 Å². The summed E-state index contributed by atoms with van der Waals surface area (Å²) in [6.07, 6.45) is 0. The molecule has 0 aliphatic rings. The van der Waals surface area contributed by atoms with E-state index in [1.54, 1.807) is 19.9 Å². The molecule has 1 aromatic carbocycles. The Bertz CT molecular complexity index is 651. The van der Waals surface area contributed by atoms with Gasteiger partial charge in [-0.15, -0.1) is 0 Å². The highest BCUT2D eigenvalue weighted by Gasteiger charge is 2.15. The SMILES string of the molecule is CCOc1nc(C)c(NC(=O)c2ccccc2F)c(C)n1. The van der Waals surface area contributed by atoms with Gasteiger partial charge in [0.1, 0.15) is 5.82 Å². The van der Waals surface area contributed by atoms with Crippen molar-refractivity contribution in [1.29, 1.82) is 0 Å². The molecule has 110 valence electrons. The second-order valence-corrected chi connectivity index (χ2v) is 4.42. The second-order valence-electron chi connectivity index (χ2n) is 4.42. The van der Waals surface area contributed by atoms with E-state index in [1.165, 1.54) is 18.2 Å². The molecule has 21 heavy (non-hydrogen) atoms. The Morgan fingerprint density at radius 3 is 2.43 bits per heavy atom. The lowest BCUT2D eigenvalue weighted by Gasteiger charge is -2.12. The van der Waals surface area contributed by atoms with E-state index in [9.17, 15) is 9.18 Å². The van der Waals surface area contributed by atoms with Crippen LogP contribution in [0.25, 0.3) is 0 Å². The molecular weight excluding hydrogens is 273 g/mol. The Kier molecular flexibility index (Phi) is 4.47. The number of aryl methyl sites for hydroxylation is 2. The molecule has 6 heteroatoms. The molecule has 0 spiro atoms. The maximum Gasteiger partial charge on any atom is 0.316 e. The van der Waals surface area contributed by atoms with E-state index in [2.05, 4.69) is 15.3 Å². The zero-order valence-electron chi connectivity index (χ0n) is 12.1. The molecule has 0 atom stereocenters. The molecule has 1 N–H and O–H groups in total. The summed E-state index contributed by atoms with van der Waals surface area (Å²) in [5.41, 5.74) is 1.57. The normalized spacial score (nSPS) is 10.3. The number of carbonyl (C=O) groups is 1. The van der Waals surface area contributed by atoms with Gasteiger partial charge in [-0.1, -0.05) is 12.1 Å². The second kappa shape index (κ2) is 6.30. The van der Waals surface area contributed by atoms with Crippen LogP contribution in [0.3, 0.4) is 0 Å². The molecule has 0 bridgehead atoms. The van der Waals surface area contributed by atoms with Crippen molar-refractivity contribution in [3.63, 3.8) is 0 Å². The molecule has 0 saturated carbocycles. The molecule has 0 radical (unpaired) electrons. The van der Waals surface area contributed by atoms with Crippen molar-refractivity contribution in [2.75, 3.05) is 11.9 Å². The number of carbonyl (C=O) groups excluding carboxylic acids is 1. The van der Waals surface area contributed by atoms with Gasteiger partial charge in [-0.3, -0.25) is 4.79 Å². The molecule has 2 aromatic rings. The molecule has 1 aromatic heterocycles. The van der Waals surface area contributed by atoms with Crippen LogP contribution in [0.1, 0.15) is 28.7 Å². The van der Waals surface area contributed by atoms with Crippen LogP contribution in [-0.4, -0.2) is 22.5 Å². The number of rotatable bonds is 4. The highest BCUT2D eigenvalue weighted by molar-refractivity contribution is 6.05. The first-order valence-electron chi connectivity index (χ1n) is 6.56. The van der Waals surface area contributed by atoms with Gasteiger partial charge in [0.15, 0.2) is 0 Å². The number of halogens is 1. The van der Waals surface area contributed by atoms with Crippen LogP contribution < -0.4 is 10.1 Å². The standard InChI is InChI=1S/C15H16FN3O2/c1-4-21-15-17-9(2)13(10(3)18-15)19-14(20)11-7-5-6-8-12(11)16/h5-8H,4H2,1-3H3,(H,19,20). The quantitative estimate of drug-likeness (QED) is 0.940. The number of nitrogens with zero attached hydrogens (tertiary/aromatic N) is 2. The van der Waals surface area contributed by atoms with E-state index in [1.807, 2.05) is 6.92 Å².